The quantitative estimate of drug-likeness (QED) is 0.261. The number of aliphatic imine (C=N–C) groups is 1. The number of hydrogen-bond acceptors (Lipinski definition) is 10. The molecule has 32 heavy (non-hydrogen) atoms. The summed E-state index contributed by atoms with van der Waals surface area (Å²) in [5, 5.41) is 11.5. The summed E-state index contributed by atoms with van der Waals surface area (Å²) < 4.78 is 31.5. The third kappa shape index (κ3) is 4.13. The Morgan fingerprint density at radius 3 is 1.94 bits per heavy atom. The average Bonchev–Trinajstić information content (AvgIpc) is 3.17. The van der Waals surface area contributed by atoms with Gasteiger partial charge in [0.1, 0.15) is 0 Å². The molecule has 0 bridgehead atoms. The lowest BCUT2D eigenvalue weighted by Gasteiger charge is -2.13. The monoisotopic (exact) mass is 444 g/mol. The van der Waals surface area contributed by atoms with Gasteiger partial charge in [0.05, 0.1) is 52.1 Å². The summed E-state index contributed by atoms with van der Waals surface area (Å²) in [6.45, 7) is 0. The topological polar surface area (TPSA) is 128 Å². The number of methoxy groups -OCH3 is 5. The molecule has 0 spiro atoms. The summed E-state index contributed by atoms with van der Waals surface area (Å²) in [6, 6.07) is 5.71. The van der Waals surface area contributed by atoms with Crippen LogP contribution in [0.5, 0.6) is 28.7 Å². The van der Waals surface area contributed by atoms with Gasteiger partial charge in [-0.05, 0) is 24.3 Å². The largest absolute Gasteiger partial charge is 0.493 e. The van der Waals surface area contributed by atoms with Gasteiger partial charge in [-0.3, -0.25) is 10.1 Å². The Balaban J connectivity index is 2.10. The van der Waals surface area contributed by atoms with Crippen LogP contribution in [0.4, 0.5) is 5.69 Å². The predicted octanol–water partition coefficient (Wildman–Crippen LogP) is 2.98. The molecular weight excluding hydrogens is 424 g/mol. The van der Waals surface area contributed by atoms with Crippen LogP contribution in [0, 0.1) is 10.1 Å². The molecule has 3 rings (SSSR count). The number of rotatable bonds is 8. The number of nitro groups is 1. The number of nitrogens with zero attached hydrogens (tertiary/aromatic N) is 2. The molecule has 0 fully saturated rings. The average molecular weight is 444 g/mol. The summed E-state index contributed by atoms with van der Waals surface area (Å²) in [6.07, 6.45) is 1.24. The molecule has 11 nitrogen and oxygen atoms in total. The molecule has 0 N–H and O–H groups in total. The Morgan fingerprint density at radius 1 is 0.875 bits per heavy atom. The van der Waals surface area contributed by atoms with Crippen molar-refractivity contribution in [3.63, 3.8) is 0 Å². The minimum atomic E-state index is -0.780. The number of ether oxygens (including phenoxy) is 6. The van der Waals surface area contributed by atoms with Crippen LogP contribution in [0.3, 0.4) is 0 Å². The highest BCUT2D eigenvalue weighted by molar-refractivity contribution is 6.13. The van der Waals surface area contributed by atoms with E-state index in [1.807, 2.05) is 0 Å². The second kappa shape index (κ2) is 9.25. The number of cyclic esters (lactones) is 1. The van der Waals surface area contributed by atoms with Gasteiger partial charge in [-0.15, -0.1) is 0 Å². The highest BCUT2D eigenvalue weighted by Gasteiger charge is 2.28. The Hall–Kier alpha value is -4.28. The lowest BCUT2D eigenvalue weighted by atomic mass is 10.1. The molecule has 0 atom stereocenters. The fourth-order valence-electron chi connectivity index (χ4n) is 3.04. The first-order valence-corrected chi connectivity index (χ1v) is 9.10. The van der Waals surface area contributed by atoms with E-state index in [1.165, 1.54) is 53.8 Å². The molecule has 0 amide bonds. The van der Waals surface area contributed by atoms with Crippen molar-refractivity contribution in [3.05, 3.63) is 51.2 Å². The van der Waals surface area contributed by atoms with Crippen molar-refractivity contribution in [2.24, 2.45) is 4.99 Å². The zero-order valence-electron chi connectivity index (χ0n) is 18.0. The normalized spacial score (nSPS) is 14.0. The molecule has 168 valence electrons. The highest BCUT2D eigenvalue weighted by Crippen LogP contribution is 2.39. The van der Waals surface area contributed by atoms with Crippen LogP contribution in [0.15, 0.2) is 35.0 Å². The number of nitro benzene ring substituents is 1. The third-order valence-corrected chi connectivity index (χ3v) is 4.55. The van der Waals surface area contributed by atoms with Crippen molar-refractivity contribution < 1.29 is 38.1 Å². The zero-order chi connectivity index (χ0) is 23.4. The molecule has 0 radical (unpaired) electrons. The fourth-order valence-corrected chi connectivity index (χ4v) is 3.04. The van der Waals surface area contributed by atoms with Crippen LogP contribution in [-0.4, -0.2) is 52.3 Å². The van der Waals surface area contributed by atoms with Crippen molar-refractivity contribution in [3.8, 4) is 28.7 Å². The second-order valence-corrected chi connectivity index (χ2v) is 6.27. The lowest BCUT2D eigenvalue weighted by Crippen LogP contribution is -2.07. The first-order chi connectivity index (χ1) is 15.4. The van der Waals surface area contributed by atoms with E-state index < -0.39 is 10.9 Å². The molecule has 0 saturated carbocycles. The summed E-state index contributed by atoms with van der Waals surface area (Å²) >= 11 is 0. The van der Waals surface area contributed by atoms with Crippen molar-refractivity contribution in [2.75, 3.05) is 35.5 Å². The molecule has 0 aromatic heterocycles. The maximum atomic E-state index is 12.4. The van der Waals surface area contributed by atoms with Crippen molar-refractivity contribution >= 4 is 23.6 Å². The smallest absolute Gasteiger partial charge is 0.363 e. The molecule has 11 heteroatoms. The summed E-state index contributed by atoms with van der Waals surface area (Å²) in [5.74, 6) is 0.672. The van der Waals surface area contributed by atoms with Crippen LogP contribution in [0.2, 0.25) is 0 Å². The van der Waals surface area contributed by atoms with Gasteiger partial charge in [-0.1, -0.05) is 0 Å². The Morgan fingerprint density at radius 2 is 1.44 bits per heavy atom. The standard InChI is InChI=1S/C21H20N2O9/c1-27-15-7-11(14(23(25)26)10-16(15)28-2)6-13-21(24)32-20(22-13)12-8-17(29-3)19(31-5)18(9-12)30-4/h6-10H,1-5H3/b13-6+. The number of carbonyl (C=O) groups excluding carboxylic acids is 1. The maximum Gasteiger partial charge on any atom is 0.363 e. The lowest BCUT2D eigenvalue weighted by molar-refractivity contribution is -0.385. The van der Waals surface area contributed by atoms with Gasteiger partial charge in [-0.25, -0.2) is 9.79 Å². The van der Waals surface area contributed by atoms with E-state index >= 15 is 0 Å². The first kappa shape index (κ1) is 22.4. The molecule has 2 aromatic rings. The van der Waals surface area contributed by atoms with Crippen molar-refractivity contribution in [1.82, 2.24) is 0 Å². The van der Waals surface area contributed by atoms with Crippen molar-refractivity contribution in [1.29, 1.82) is 0 Å². The van der Waals surface area contributed by atoms with E-state index in [-0.39, 0.29) is 34.3 Å². The Bertz CT molecular complexity index is 1110. The molecule has 0 saturated heterocycles. The van der Waals surface area contributed by atoms with E-state index in [2.05, 4.69) is 4.99 Å². The summed E-state index contributed by atoms with van der Waals surface area (Å²) in [5.41, 5.74) is 0.0519. The van der Waals surface area contributed by atoms with Gasteiger partial charge >= 0.3 is 5.97 Å². The van der Waals surface area contributed by atoms with E-state index in [9.17, 15) is 14.9 Å². The molecule has 1 aliphatic heterocycles. The predicted molar refractivity (Wildman–Crippen MR) is 113 cm³/mol. The Kier molecular flexibility index (Phi) is 6.47. The summed E-state index contributed by atoms with van der Waals surface area (Å²) in [7, 11) is 7.12. The molecule has 2 aromatic carbocycles. The second-order valence-electron chi connectivity index (χ2n) is 6.27. The van der Waals surface area contributed by atoms with Gasteiger partial charge < -0.3 is 28.4 Å². The van der Waals surface area contributed by atoms with Crippen LogP contribution >= 0.6 is 0 Å². The van der Waals surface area contributed by atoms with Gasteiger partial charge in [0, 0.05) is 5.56 Å². The van der Waals surface area contributed by atoms with Crippen LogP contribution in [-0.2, 0) is 9.53 Å². The first-order valence-electron chi connectivity index (χ1n) is 9.10. The minimum Gasteiger partial charge on any atom is -0.493 e. The maximum absolute atomic E-state index is 12.4. The molecule has 0 unspecified atom stereocenters. The van der Waals surface area contributed by atoms with Crippen molar-refractivity contribution in [2.45, 2.75) is 0 Å². The van der Waals surface area contributed by atoms with E-state index in [0.717, 1.165) is 0 Å². The zero-order valence-corrected chi connectivity index (χ0v) is 18.0. The molecule has 1 aliphatic rings. The number of carbonyl (C=O) groups is 1. The SMILES string of the molecule is COc1cc(/C=C2/N=C(c3cc(OC)c(OC)c(OC)c3)OC2=O)c([N+](=O)[O-])cc1OC. The van der Waals surface area contributed by atoms with Crippen LogP contribution in [0.25, 0.3) is 6.08 Å². The fraction of sp³-hybridized carbons (Fsp3) is 0.238. The van der Waals surface area contributed by atoms with E-state index in [0.29, 0.717) is 22.8 Å². The van der Waals surface area contributed by atoms with Gasteiger partial charge in [0.15, 0.2) is 28.7 Å². The number of benzene rings is 2. The molecule has 0 aliphatic carbocycles. The van der Waals surface area contributed by atoms with Crippen LogP contribution < -0.4 is 23.7 Å². The Labute approximate surface area is 182 Å². The van der Waals surface area contributed by atoms with Gasteiger partial charge in [-0.2, -0.15) is 0 Å². The summed E-state index contributed by atoms with van der Waals surface area (Å²) in [4.78, 5) is 27.6. The minimum absolute atomic E-state index is 0.0244. The highest BCUT2D eigenvalue weighted by atomic mass is 16.6. The van der Waals surface area contributed by atoms with Gasteiger partial charge in [0.2, 0.25) is 11.6 Å². The third-order valence-electron chi connectivity index (χ3n) is 4.55. The number of esters is 1. The number of hydrogen-bond donors (Lipinski definition) is 0. The van der Waals surface area contributed by atoms with E-state index in [4.69, 9.17) is 28.4 Å². The van der Waals surface area contributed by atoms with E-state index in [1.54, 1.807) is 12.1 Å². The molecular formula is C21H20N2O9. The molecule has 1 heterocycles. The van der Waals surface area contributed by atoms with Crippen LogP contribution in [0.1, 0.15) is 11.1 Å². The van der Waals surface area contributed by atoms with Gasteiger partial charge in [0.25, 0.3) is 5.69 Å².